The van der Waals surface area contributed by atoms with E-state index in [2.05, 4.69) is 17.4 Å². The van der Waals surface area contributed by atoms with Gasteiger partial charge in [-0.3, -0.25) is 4.79 Å². The fourth-order valence-electron chi connectivity index (χ4n) is 2.02. The van der Waals surface area contributed by atoms with Gasteiger partial charge in [0.25, 0.3) is 0 Å². The fourth-order valence-corrected chi connectivity index (χ4v) is 2.02. The molecule has 2 rings (SSSR count). The summed E-state index contributed by atoms with van der Waals surface area (Å²) in [4.78, 5) is 11.3. The summed E-state index contributed by atoms with van der Waals surface area (Å²) in [6.07, 6.45) is 0.746. The Kier molecular flexibility index (Phi) is 4.74. The van der Waals surface area contributed by atoms with Crippen molar-refractivity contribution in [2.75, 3.05) is 19.0 Å². The van der Waals surface area contributed by atoms with Gasteiger partial charge in [0.05, 0.1) is 13.7 Å². The van der Waals surface area contributed by atoms with Gasteiger partial charge in [-0.1, -0.05) is 30.3 Å². The summed E-state index contributed by atoms with van der Waals surface area (Å²) in [6.45, 7) is -0.0277. The third kappa shape index (κ3) is 3.59. The third-order valence-corrected chi connectivity index (χ3v) is 2.99. The maximum absolute atomic E-state index is 11.3. The van der Waals surface area contributed by atoms with E-state index in [1.807, 2.05) is 30.3 Å². The van der Waals surface area contributed by atoms with Crippen LogP contribution in [0.5, 0.6) is 5.75 Å². The quantitative estimate of drug-likeness (QED) is 0.875. The standard InChI is InChI=1S/C16H18N2O2/c1-20-15-8-7-14(18-16(19)11-17)10-13(15)9-12-5-3-2-4-6-12/h2-8,10H,9,11,17H2,1H3,(H,18,19). The molecule has 0 heterocycles. The SMILES string of the molecule is COc1ccc(NC(=O)CN)cc1Cc1ccccc1. The summed E-state index contributed by atoms with van der Waals surface area (Å²) in [5, 5.41) is 2.75. The summed E-state index contributed by atoms with van der Waals surface area (Å²) in [5.74, 6) is 0.598. The van der Waals surface area contributed by atoms with Gasteiger partial charge in [0.15, 0.2) is 0 Å². The lowest BCUT2D eigenvalue weighted by Gasteiger charge is -2.11. The van der Waals surface area contributed by atoms with E-state index in [4.69, 9.17) is 10.5 Å². The van der Waals surface area contributed by atoms with Crippen molar-refractivity contribution in [1.29, 1.82) is 0 Å². The molecule has 0 saturated heterocycles. The van der Waals surface area contributed by atoms with Crippen LogP contribution in [0, 0.1) is 0 Å². The lowest BCUT2D eigenvalue weighted by Crippen LogP contribution is -2.21. The highest BCUT2D eigenvalue weighted by Crippen LogP contribution is 2.25. The smallest absolute Gasteiger partial charge is 0.238 e. The summed E-state index contributed by atoms with van der Waals surface area (Å²) in [7, 11) is 1.64. The van der Waals surface area contributed by atoms with E-state index in [0.29, 0.717) is 0 Å². The van der Waals surface area contributed by atoms with E-state index < -0.39 is 0 Å². The van der Waals surface area contributed by atoms with Crippen LogP contribution >= 0.6 is 0 Å². The zero-order valence-corrected chi connectivity index (χ0v) is 11.4. The molecule has 0 aliphatic rings. The number of amides is 1. The molecular formula is C16H18N2O2. The van der Waals surface area contributed by atoms with Crippen LogP contribution < -0.4 is 15.8 Å². The van der Waals surface area contributed by atoms with Gasteiger partial charge < -0.3 is 15.8 Å². The Morgan fingerprint density at radius 3 is 2.60 bits per heavy atom. The Morgan fingerprint density at radius 1 is 1.20 bits per heavy atom. The van der Waals surface area contributed by atoms with Crippen molar-refractivity contribution in [2.24, 2.45) is 5.73 Å². The maximum Gasteiger partial charge on any atom is 0.238 e. The monoisotopic (exact) mass is 270 g/mol. The summed E-state index contributed by atoms with van der Waals surface area (Å²) in [5.41, 5.74) is 8.24. The second-order valence-corrected chi connectivity index (χ2v) is 4.44. The minimum Gasteiger partial charge on any atom is -0.496 e. The first kappa shape index (κ1) is 14.1. The normalized spacial score (nSPS) is 10.1. The molecule has 2 aromatic rings. The van der Waals surface area contributed by atoms with Crippen molar-refractivity contribution in [3.8, 4) is 5.75 Å². The Hall–Kier alpha value is -2.33. The number of carbonyl (C=O) groups is 1. The number of hydrogen-bond acceptors (Lipinski definition) is 3. The van der Waals surface area contributed by atoms with Crippen LogP contribution in [0.2, 0.25) is 0 Å². The van der Waals surface area contributed by atoms with E-state index in [0.717, 1.165) is 23.4 Å². The lowest BCUT2D eigenvalue weighted by molar-refractivity contribution is -0.114. The third-order valence-electron chi connectivity index (χ3n) is 2.99. The highest BCUT2D eigenvalue weighted by molar-refractivity contribution is 5.92. The Labute approximate surface area is 118 Å². The highest BCUT2D eigenvalue weighted by atomic mass is 16.5. The summed E-state index contributed by atoms with van der Waals surface area (Å²) < 4.78 is 5.37. The van der Waals surface area contributed by atoms with Gasteiger partial charge >= 0.3 is 0 Å². The van der Waals surface area contributed by atoms with Crippen molar-refractivity contribution in [3.63, 3.8) is 0 Å². The van der Waals surface area contributed by atoms with Gasteiger partial charge in [-0.25, -0.2) is 0 Å². The molecular weight excluding hydrogens is 252 g/mol. The summed E-state index contributed by atoms with van der Waals surface area (Å²) >= 11 is 0. The molecule has 0 fully saturated rings. The molecule has 0 aromatic heterocycles. The second kappa shape index (κ2) is 6.73. The number of anilines is 1. The number of carbonyl (C=O) groups excluding carboxylic acids is 1. The predicted molar refractivity (Wildman–Crippen MR) is 79.9 cm³/mol. The minimum absolute atomic E-state index is 0.0277. The molecule has 0 radical (unpaired) electrons. The molecule has 0 atom stereocenters. The molecule has 4 nitrogen and oxygen atoms in total. The molecule has 0 aliphatic carbocycles. The number of methoxy groups -OCH3 is 1. The molecule has 3 N–H and O–H groups in total. The molecule has 0 saturated carbocycles. The number of benzene rings is 2. The number of ether oxygens (including phenoxy) is 1. The topological polar surface area (TPSA) is 64.3 Å². The van der Waals surface area contributed by atoms with Crippen molar-refractivity contribution in [2.45, 2.75) is 6.42 Å². The van der Waals surface area contributed by atoms with Gasteiger partial charge in [0.2, 0.25) is 5.91 Å². The van der Waals surface area contributed by atoms with Crippen molar-refractivity contribution in [3.05, 3.63) is 59.7 Å². The van der Waals surface area contributed by atoms with Crippen molar-refractivity contribution < 1.29 is 9.53 Å². The average molecular weight is 270 g/mol. The van der Waals surface area contributed by atoms with Crippen LogP contribution in [0.25, 0.3) is 0 Å². The molecule has 1 amide bonds. The van der Waals surface area contributed by atoms with Gasteiger partial charge in [0.1, 0.15) is 5.75 Å². The molecule has 0 unspecified atom stereocenters. The molecule has 0 aliphatic heterocycles. The minimum atomic E-state index is -0.208. The molecule has 20 heavy (non-hydrogen) atoms. The Balaban J connectivity index is 2.25. The largest absolute Gasteiger partial charge is 0.496 e. The first-order valence-corrected chi connectivity index (χ1v) is 6.43. The van der Waals surface area contributed by atoms with Crippen molar-refractivity contribution in [1.82, 2.24) is 0 Å². The average Bonchev–Trinajstić information content (AvgIpc) is 2.48. The first-order valence-electron chi connectivity index (χ1n) is 6.43. The van der Waals surface area contributed by atoms with E-state index in [-0.39, 0.29) is 12.5 Å². The number of nitrogens with one attached hydrogen (secondary N) is 1. The van der Waals surface area contributed by atoms with Crippen LogP contribution in [0.3, 0.4) is 0 Å². The maximum atomic E-state index is 11.3. The highest BCUT2D eigenvalue weighted by Gasteiger charge is 2.07. The Bertz CT molecular complexity index is 582. The number of nitrogens with two attached hydrogens (primary N) is 1. The Morgan fingerprint density at radius 2 is 1.95 bits per heavy atom. The second-order valence-electron chi connectivity index (χ2n) is 4.44. The predicted octanol–water partition coefficient (Wildman–Crippen LogP) is 2.18. The lowest BCUT2D eigenvalue weighted by atomic mass is 10.0. The van der Waals surface area contributed by atoms with Gasteiger partial charge in [-0.05, 0) is 23.8 Å². The van der Waals surface area contributed by atoms with E-state index in [1.54, 1.807) is 13.2 Å². The molecule has 2 aromatic carbocycles. The van der Waals surface area contributed by atoms with Crippen LogP contribution in [-0.4, -0.2) is 19.6 Å². The van der Waals surface area contributed by atoms with Crippen LogP contribution in [0.4, 0.5) is 5.69 Å². The van der Waals surface area contributed by atoms with E-state index in [1.165, 1.54) is 5.56 Å². The zero-order chi connectivity index (χ0) is 14.4. The van der Waals surface area contributed by atoms with Crippen LogP contribution in [0.1, 0.15) is 11.1 Å². The van der Waals surface area contributed by atoms with Gasteiger partial charge in [0, 0.05) is 17.7 Å². The fraction of sp³-hybridized carbons (Fsp3) is 0.188. The molecule has 0 bridgehead atoms. The summed E-state index contributed by atoms with van der Waals surface area (Å²) in [6, 6.07) is 15.7. The van der Waals surface area contributed by atoms with Gasteiger partial charge in [-0.2, -0.15) is 0 Å². The van der Waals surface area contributed by atoms with Gasteiger partial charge in [-0.15, -0.1) is 0 Å². The van der Waals surface area contributed by atoms with E-state index in [9.17, 15) is 4.79 Å². The number of hydrogen-bond donors (Lipinski definition) is 2. The van der Waals surface area contributed by atoms with Crippen LogP contribution in [0.15, 0.2) is 48.5 Å². The van der Waals surface area contributed by atoms with Crippen molar-refractivity contribution >= 4 is 11.6 Å². The molecule has 0 spiro atoms. The molecule has 4 heteroatoms. The number of rotatable bonds is 5. The molecule has 104 valence electrons. The first-order chi connectivity index (χ1) is 9.72. The van der Waals surface area contributed by atoms with E-state index >= 15 is 0 Å². The zero-order valence-electron chi connectivity index (χ0n) is 11.4. The van der Waals surface area contributed by atoms with Crippen LogP contribution in [-0.2, 0) is 11.2 Å².